The summed E-state index contributed by atoms with van der Waals surface area (Å²) >= 11 is 6.10. The van der Waals surface area contributed by atoms with Crippen molar-refractivity contribution in [2.45, 2.75) is 45.6 Å². The SMILES string of the molecule is CC(C)C1CCCCC1NC(=O)c1c(N)cccc1Cl. The number of nitrogens with two attached hydrogens (primary N) is 1. The molecule has 1 aliphatic rings. The summed E-state index contributed by atoms with van der Waals surface area (Å²) in [5.41, 5.74) is 6.72. The summed E-state index contributed by atoms with van der Waals surface area (Å²) in [5, 5.41) is 3.56. The van der Waals surface area contributed by atoms with E-state index in [9.17, 15) is 4.79 Å². The van der Waals surface area contributed by atoms with E-state index in [0.29, 0.717) is 28.1 Å². The number of nitrogens with one attached hydrogen (secondary N) is 1. The normalized spacial score (nSPS) is 22.8. The number of nitrogen functional groups attached to an aromatic ring is 1. The van der Waals surface area contributed by atoms with Crippen LogP contribution in [0.2, 0.25) is 5.02 Å². The van der Waals surface area contributed by atoms with Gasteiger partial charge in [0.1, 0.15) is 0 Å². The minimum Gasteiger partial charge on any atom is -0.398 e. The molecule has 0 aliphatic heterocycles. The summed E-state index contributed by atoms with van der Waals surface area (Å²) in [5.74, 6) is 0.964. The number of halogens is 1. The summed E-state index contributed by atoms with van der Waals surface area (Å²) in [6, 6.07) is 5.40. The monoisotopic (exact) mass is 294 g/mol. The minimum absolute atomic E-state index is 0.148. The van der Waals surface area contributed by atoms with Gasteiger partial charge in [-0.25, -0.2) is 0 Å². The van der Waals surface area contributed by atoms with Crippen LogP contribution >= 0.6 is 11.6 Å². The molecule has 1 amide bonds. The van der Waals surface area contributed by atoms with Crippen LogP contribution in [-0.2, 0) is 0 Å². The summed E-state index contributed by atoms with van der Waals surface area (Å²) in [6.45, 7) is 4.44. The van der Waals surface area contributed by atoms with Crippen LogP contribution in [-0.4, -0.2) is 11.9 Å². The second-order valence-corrected chi connectivity index (χ2v) is 6.38. The van der Waals surface area contributed by atoms with Crippen molar-refractivity contribution < 1.29 is 4.79 Å². The highest BCUT2D eigenvalue weighted by molar-refractivity contribution is 6.34. The summed E-state index contributed by atoms with van der Waals surface area (Å²) < 4.78 is 0. The molecule has 4 heteroatoms. The van der Waals surface area contributed by atoms with Crippen LogP contribution in [0, 0.1) is 11.8 Å². The molecule has 0 aromatic heterocycles. The molecule has 0 spiro atoms. The van der Waals surface area contributed by atoms with Gasteiger partial charge in [0.2, 0.25) is 0 Å². The fourth-order valence-electron chi connectivity index (χ4n) is 3.16. The molecular formula is C16H23ClN2O. The van der Waals surface area contributed by atoms with E-state index in [4.69, 9.17) is 17.3 Å². The fourth-order valence-corrected chi connectivity index (χ4v) is 3.43. The number of rotatable bonds is 3. The Morgan fingerprint density at radius 3 is 2.70 bits per heavy atom. The molecule has 1 fully saturated rings. The smallest absolute Gasteiger partial charge is 0.255 e. The third kappa shape index (κ3) is 3.26. The number of hydrogen-bond donors (Lipinski definition) is 2. The Bertz CT molecular complexity index is 467. The molecule has 2 unspecified atom stereocenters. The van der Waals surface area contributed by atoms with E-state index in [1.807, 2.05) is 0 Å². The largest absolute Gasteiger partial charge is 0.398 e. The third-order valence-corrected chi connectivity index (χ3v) is 4.58. The lowest BCUT2D eigenvalue weighted by atomic mass is 9.78. The van der Waals surface area contributed by atoms with E-state index in [0.717, 1.165) is 6.42 Å². The van der Waals surface area contributed by atoms with E-state index in [1.54, 1.807) is 18.2 Å². The van der Waals surface area contributed by atoms with Gasteiger partial charge in [-0.05, 0) is 36.8 Å². The number of amides is 1. The molecule has 110 valence electrons. The molecule has 1 aromatic rings. The highest BCUT2D eigenvalue weighted by Crippen LogP contribution is 2.31. The molecule has 0 bridgehead atoms. The van der Waals surface area contributed by atoms with E-state index < -0.39 is 0 Å². The second kappa shape index (κ2) is 6.49. The van der Waals surface area contributed by atoms with Gasteiger partial charge in [0.05, 0.1) is 10.6 Å². The van der Waals surface area contributed by atoms with Crippen molar-refractivity contribution in [1.29, 1.82) is 0 Å². The standard InChI is InChI=1S/C16H23ClN2O/c1-10(2)11-6-3-4-9-14(11)19-16(20)15-12(17)7-5-8-13(15)18/h5,7-8,10-11,14H,3-4,6,9,18H2,1-2H3,(H,19,20). The highest BCUT2D eigenvalue weighted by Gasteiger charge is 2.29. The first-order valence-corrected chi connectivity index (χ1v) is 7.73. The van der Waals surface area contributed by atoms with Crippen molar-refractivity contribution in [2.24, 2.45) is 11.8 Å². The van der Waals surface area contributed by atoms with Crippen LogP contribution in [0.4, 0.5) is 5.69 Å². The minimum atomic E-state index is -0.148. The van der Waals surface area contributed by atoms with Crippen LogP contribution < -0.4 is 11.1 Å². The first-order chi connectivity index (χ1) is 9.50. The molecule has 0 heterocycles. The van der Waals surface area contributed by atoms with Gasteiger partial charge in [-0.15, -0.1) is 0 Å². The molecule has 0 saturated heterocycles. The molecule has 1 aromatic carbocycles. The van der Waals surface area contributed by atoms with Gasteiger partial charge in [-0.1, -0.05) is 44.4 Å². The van der Waals surface area contributed by atoms with E-state index in [-0.39, 0.29) is 11.9 Å². The van der Waals surface area contributed by atoms with Gasteiger partial charge in [-0.2, -0.15) is 0 Å². The van der Waals surface area contributed by atoms with Crippen LogP contribution in [0.25, 0.3) is 0 Å². The lowest BCUT2D eigenvalue weighted by Gasteiger charge is -2.35. The molecule has 3 N–H and O–H groups in total. The number of carbonyl (C=O) groups excluding carboxylic acids is 1. The molecule has 1 aliphatic carbocycles. The Labute approximate surface area is 125 Å². The van der Waals surface area contributed by atoms with Gasteiger partial charge < -0.3 is 11.1 Å². The van der Waals surface area contributed by atoms with Gasteiger partial charge in [-0.3, -0.25) is 4.79 Å². The van der Waals surface area contributed by atoms with Crippen molar-refractivity contribution >= 4 is 23.2 Å². The Kier molecular flexibility index (Phi) is 4.92. The van der Waals surface area contributed by atoms with Crippen molar-refractivity contribution in [3.63, 3.8) is 0 Å². The first-order valence-electron chi connectivity index (χ1n) is 7.35. The topological polar surface area (TPSA) is 55.1 Å². The van der Waals surface area contributed by atoms with Crippen molar-refractivity contribution in [3.8, 4) is 0 Å². The maximum atomic E-state index is 12.4. The van der Waals surface area contributed by atoms with Gasteiger partial charge in [0.15, 0.2) is 0 Å². The van der Waals surface area contributed by atoms with Crippen molar-refractivity contribution in [3.05, 3.63) is 28.8 Å². The predicted octanol–water partition coefficient (Wildman–Crippen LogP) is 3.87. The molecule has 2 rings (SSSR count). The van der Waals surface area contributed by atoms with Crippen molar-refractivity contribution in [1.82, 2.24) is 5.32 Å². The van der Waals surface area contributed by atoms with Gasteiger partial charge >= 0.3 is 0 Å². The average Bonchev–Trinajstić information content (AvgIpc) is 2.38. The van der Waals surface area contributed by atoms with E-state index in [2.05, 4.69) is 19.2 Å². The molecule has 1 saturated carbocycles. The summed E-state index contributed by atoms with van der Waals surface area (Å²) in [6.07, 6.45) is 4.65. The van der Waals surface area contributed by atoms with Crippen LogP contribution in [0.1, 0.15) is 49.9 Å². The number of hydrogen-bond acceptors (Lipinski definition) is 2. The number of anilines is 1. The highest BCUT2D eigenvalue weighted by atomic mass is 35.5. The fraction of sp³-hybridized carbons (Fsp3) is 0.562. The Hall–Kier alpha value is -1.22. The van der Waals surface area contributed by atoms with Crippen LogP contribution in [0.5, 0.6) is 0 Å². The molecular weight excluding hydrogens is 272 g/mol. The van der Waals surface area contributed by atoms with Gasteiger partial charge in [0, 0.05) is 11.7 Å². The zero-order valence-electron chi connectivity index (χ0n) is 12.2. The Balaban J connectivity index is 2.14. The van der Waals surface area contributed by atoms with Crippen LogP contribution in [0.15, 0.2) is 18.2 Å². The molecule has 2 atom stereocenters. The zero-order valence-corrected chi connectivity index (χ0v) is 12.9. The lowest BCUT2D eigenvalue weighted by molar-refractivity contribution is 0.0890. The third-order valence-electron chi connectivity index (χ3n) is 4.27. The lowest BCUT2D eigenvalue weighted by Crippen LogP contribution is -2.44. The summed E-state index contributed by atoms with van der Waals surface area (Å²) in [4.78, 5) is 12.4. The zero-order chi connectivity index (χ0) is 14.7. The van der Waals surface area contributed by atoms with Crippen molar-refractivity contribution in [2.75, 3.05) is 5.73 Å². The van der Waals surface area contributed by atoms with Gasteiger partial charge in [0.25, 0.3) is 5.91 Å². The maximum Gasteiger partial charge on any atom is 0.255 e. The molecule has 0 radical (unpaired) electrons. The van der Waals surface area contributed by atoms with E-state index >= 15 is 0 Å². The average molecular weight is 295 g/mol. The Morgan fingerprint density at radius 1 is 1.35 bits per heavy atom. The van der Waals surface area contributed by atoms with Crippen LogP contribution in [0.3, 0.4) is 0 Å². The summed E-state index contributed by atoms with van der Waals surface area (Å²) in [7, 11) is 0. The number of benzene rings is 1. The maximum absolute atomic E-state index is 12.4. The predicted molar refractivity (Wildman–Crippen MR) is 83.9 cm³/mol. The quantitative estimate of drug-likeness (QED) is 0.832. The van der Waals surface area contributed by atoms with E-state index in [1.165, 1.54) is 19.3 Å². The second-order valence-electron chi connectivity index (χ2n) is 5.98. The number of carbonyl (C=O) groups is 1. The molecule has 3 nitrogen and oxygen atoms in total. The molecule has 20 heavy (non-hydrogen) atoms. The Morgan fingerprint density at radius 2 is 2.05 bits per heavy atom. The first kappa shape index (κ1) is 15.2.